The van der Waals surface area contributed by atoms with Crippen molar-refractivity contribution in [3.8, 4) is 0 Å². The van der Waals surface area contributed by atoms with Crippen molar-refractivity contribution in [3.63, 3.8) is 0 Å². The summed E-state index contributed by atoms with van der Waals surface area (Å²) in [7, 11) is 0. The molecule has 0 unspecified atom stereocenters. The van der Waals surface area contributed by atoms with Crippen molar-refractivity contribution < 1.29 is 13.6 Å². The number of hydrogen-bond donors (Lipinski definition) is 3. The summed E-state index contributed by atoms with van der Waals surface area (Å²) >= 11 is 0. The lowest BCUT2D eigenvalue weighted by Crippen LogP contribution is -2.35. The van der Waals surface area contributed by atoms with Gasteiger partial charge in [-0.3, -0.25) is 4.79 Å². The summed E-state index contributed by atoms with van der Waals surface area (Å²) in [5, 5.41) is 5.20. The zero-order chi connectivity index (χ0) is 18.0. The zero-order valence-corrected chi connectivity index (χ0v) is 13.6. The Hall–Kier alpha value is -2.96. The molecule has 0 radical (unpaired) electrons. The lowest BCUT2D eigenvalue weighted by atomic mass is 10.1. The fourth-order valence-corrected chi connectivity index (χ4v) is 2.34. The number of nitrogens with one attached hydrogen (secondary N) is 2. The first-order valence-electron chi connectivity index (χ1n) is 7.85. The number of alkyl halides is 2. The average molecular weight is 344 g/mol. The fraction of sp³-hybridized carbons (Fsp3) is 0.222. The summed E-state index contributed by atoms with van der Waals surface area (Å²) < 4.78 is 26.3. The van der Waals surface area contributed by atoms with Crippen molar-refractivity contribution in [1.82, 2.24) is 5.32 Å². The molecule has 1 aliphatic carbocycles. The molecule has 1 aliphatic heterocycles. The molecule has 0 spiro atoms. The largest absolute Gasteiger partial charge is 0.404 e. The normalized spacial score (nSPS) is 17.0. The molecule has 1 fully saturated rings. The summed E-state index contributed by atoms with van der Waals surface area (Å²) in [5.41, 5.74) is 8.40. The molecule has 4 N–H and O–H groups in total. The first-order valence-corrected chi connectivity index (χ1v) is 7.85. The van der Waals surface area contributed by atoms with Gasteiger partial charge in [-0.15, -0.1) is 0 Å². The number of carbonyl (C=O) groups excluding carboxylic acids is 1. The molecule has 5 nitrogen and oxygen atoms in total. The Bertz CT molecular complexity index is 814. The highest BCUT2D eigenvalue weighted by Gasteiger charge is 2.27. The number of aliphatic imine (C=N–C) groups is 1. The molecule has 0 saturated heterocycles. The van der Waals surface area contributed by atoms with Gasteiger partial charge in [0, 0.05) is 11.9 Å². The highest BCUT2D eigenvalue weighted by Crippen LogP contribution is 2.34. The highest BCUT2D eigenvalue weighted by molar-refractivity contribution is 6.25. The highest BCUT2D eigenvalue weighted by atomic mass is 19.3. The van der Waals surface area contributed by atoms with Gasteiger partial charge in [-0.25, -0.2) is 13.8 Å². The Morgan fingerprint density at radius 3 is 2.56 bits per heavy atom. The minimum Gasteiger partial charge on any atom is -0.404 e. The van der Waals surface area contributed by atoms with Crippen LogP contribution in [0.5, 0.6) is 0 Å². The van der Waals surface area contributed by atoms with E-state index in [9.17, 15) is 13.6 Å². The standard InChI is InChI=1S/C18H18F2N4O/c1-10-2-6-12(7-3-10)22-18(25)13(9-21)17-23-14(11-4-5-11)8-15(24-17)16(19)20/h2-3,6-9,16H,4-5,21H2,1H3,(H,22,25)(H,23,24). The number of allylic oxidation sites excluding steroid dienone is 3. The summed E-state index contributed by atoms with van der Waals surface area (Å²) in [6.07, 6.45) is 1.35. The second-order valence-electron chi connectivity index (χ2n) is 5.88. The molecule has 0 bridgehead atoms. The first kappa shape index (κ1) is 16.9. The smallest absolute Gasteiger partial charge is 0.278 e. The molecule has 1 amide bonds. The van der Waals surface area contributed by atoms with Gasteiger partial charge in [0.2, 0.25) is 0 Å². The predicted molar refractivity (Wildman–Crippen MR) is 93.0 cm³/mol. The van der Waals surface area contributed by atoms with E-state index in [-0.39, 0.29) is 17.1 Å². The van der Waals surface area contributed by atoms with Crippen molar-refractivity contribution in [2.75, 3.05) is 5.32 Å². The Balaban J connectivity index is 1.84. The number of nitrogens with two attached hydrogens (primary N) is 1. The maximum atomic E-state index is 13.1. The van der Waals surface area contributed by atoms with Gasteiger partial charge in [0.05, 0.1) is 17.0 Å². The lowest BCUT2D eigenvalue weighted by molar-refractivity contribution is -0.112. The van der Waals surface area contributed by atoms with E-state index >= 15 is 0 Å². The van der Waals surface area contributed by atoms with E-state index in [1.165, 1.54) is 6.08 Å². The van der Waals surface area contributed by atoms with Gasteiger partial charge < -0.3 is 16.4 Å². The van der Waals surface area contributed by atoms with Crippen molar-refractivity contribution >= 4 is 17.4 Å². The van der Waals surface area contributed by atoms with E-state index in [1.807, 2.05) is 19.1 Å². The van der Waals surface area contributed by atoms with Crippen LogP contribution in [0.4, 0.5) is 14.5 Å². The molecular formula is C18H18F2N4O. The van der Waals surface area contributed by atoms with E-state index in [1.54, 1.807) is 12.1 Å². The quantitative estimate of drug-likeness (QED) is 0.735. The van der Waals surface area contributed by atoms with Gasteiger partial charge in [-0.1, -0.05) is 17.7 Å². The summed E-state index contributed by atoms with van der Waals surface area (Å²) in [5.74, 6) is -0.493. The molecule has 2 aliphatic rings. The average Bonchev–Trinajstić information content (AvgIpc) is 3.42. The van der Waals surface area contributed by atoms with Crippen molar-refractivity contribution in [2.24, 2.45) is 10.7 Å². The van der Waals surface area contributed by atoms with E-state index in [4.69, 9.17) is 5.73 Å². The maximum absolute atomic E-state index is 13.1. The van der Waals surface area contributed by atoms with E-state index < -0.39 is 12.3 Å². The van der Waals surface area contributed by atoms with Crippen LogP contribution >= 0.6 is 0 Å². The molecule has 1 saturated carbocycles. The van der Waals surface area contributed by atoms with E-state index in [0.29, 0.717) is 11.4 Å². The summed E-state index contributed by atoms with van der Waals surface area (Å²) in [6.45, 7) is 1.93. The van der Waals surface area contributed by atoms with Crippen LogP contribution < -0.4 is 16.4 Å². The Labute approximate surface area is 144 Å². The third-order valence-electron chi connectivity index (χ3n) is 3.86. The minimum absolute atomic E-state index is 0.00516. The number of amidine groups is 1. The van der Waals surface area contributed by atoms with E-state index in [0.717, 1.165) is 30.2 Å². The van der Waals surface area contributed by atoms with Crippen molar-refractivity contribution in [1.29, 1.82) is 0 Å². The van der Waals surface area contributed by atoms with Crippen LogP contribution in [0.25, 0.3) is 0 Å². The summed E-state index contributed by atoms with van der Waals surface area (Å²) in [6, 6.07) is 7.20. The van der Waals surface area contributed by atoms with Crippen LogP contribution in [0.2, 0.25) is 0 Å². The Morgan fingerprint density at radius 1 is 1.32 bits per heavy atom. The third kappa shape index (κ3) is 3.93. The van der Waals surface area contributed by atoms with Gasteiger partial charge in [0.15, 0.2) is 0 Å². The number of halogens is 2. The second kappa shape index (κ2) is 6.88. The number of aryl methyl sites for hydroxylation is 1. The van der Waals surface area contributed by atoms with Gasteiger partial charge in [0.1, 0.15) is 5.84 Å². The second-order valence-corrected chi connectivity index (χ2v) is 5.88. The van der Waals surface area contributed by atoms with Gasteiger partial charge in [-0.2, -0.15) is 0 Å². The molecule has 0 aromatic heterocycles. The van der Waals surface area contributed by atoms with E-state index in [2.05, 4.69) is 15.6 Å². The van der Waals surface area contributed by atoms with Gasteiger partial charge in [-0.05, 0) is 43.5 Å². The first-order chi connectivity index (χ1) is 12.0. The monoisotopic (exact) mass is 344 g/mol. The summed E-state index contributed by atoms with van der Waals surface area (Å²) in [4.78, 5) is 16.8. The van der Waals surface area contributed by atoms with Gasteiger partial charge >= 0.3 is 0 Å². The molecule has 7 heteroatoms. The predicted octanol–water partition coefficient (Wildman–Crippen LogP) is 2.97. The SMILES string of the molecule is Cc1ccc(NC(=O)C(=CN)C2=NC(=C3CC3)C=C(C(F)F)N2)cc1. The molecule has 25 heavy (non-hydrogen) atoms. The Morgan fingerprint density at radius 2 is 2.00 bits per heavy atom. The number of hydrogen-bond acceptors (Lipinski definition) is 4. The third-order valence-corrected chi connectivity index (χ3v) is 3.86. The number of carbonyl (C=O) groups is 1. The van der Waals surface area contributed by atoms with Crippen LogP contribution in [-0.4, -0.2) is 18.2 Å². The molecule has 3 rings (SSSR count). The molecule has 1 heterocycles. The van der Waals surface area contributed by atoms with Crippen molar-refractivity contribution in [3.05, 3.63) is 64.6 Å². The van der Waals surface area contributed by atoms with Gasteiger partial charge in [0.25, 0.3) is 12.3 Å². The lowest BCUT2D eigenvalue weighted by Gasteiger charge is -2.19. The zero-order valence-electron chi connectivity index (χ0n) is 13.6. The molecule has 130 valence electrons. The molecule has 1 aromatic carbocycles. The van der Waals surface area contributed by atoms with Crippen LogP contribution in [0.15, 0.2) is 64.1 Å². The number of nitrogens with zero attached hydrogens (tertiary/aromatic N) is 1. The topological polar surface area (TPSA) is 79.5 Å². The van der Waals surface area contributed by atoms with Crippen LogP contribution in [0, 0.1) is 6.92 Å². The van der Waals surface area contributed by atoms with Crippen LogP contribution in [0.3, 0.4) is 0 Å². The van der Waals surface area contributed by atoms with Crippen LogP contribution in [0.1, 0.15) is 18.4 Å². The maximum Gasteiger partial charge on any atom is 0.278 e. The molecule has 0 atom stereocenters. The Kier molecular flexibility index (Phi) is 4.65. The fourth-order valence-electron chi connectivity index (χ4n) is 2.34. The van der Waals surface area contributed by atoms with Crippen molar-refractivity contribution in [2.45, 2.75) is 26.2 Å². The number of amides is 1. The molecular weight excluding hydrogens is 326 g/mol. The number of benzene rings is 1. The molecule has 1 aromatic rings. The number of rotatable bonds is 4. The number of anilines is 1. The minimum atomic E-state index is -2.70. The van der Waals surface area contributed by atoms with Crippen LogP contribution in [-0.2, 0) is 4.79 Å².